The standard InChI is InChI=1S/C27H41NO5/c1-25(2)13-8-21-26(3,20(25)12-17-31-19-10-15-28-16-11-19)14-9-22-27(21,4)18-32-24(33-22)7-6-23(29)30-5/h10-11,15-16,20-22,24H,6-9,12-14,17-18H2,1-5H3/t20-,21?,22-,24-,26+,27+/m1/s1. The summed E-state index contributed by atoms with van der Waals surface area (Å²) in [6, 6.07) is 3.85. The third kappa shape index (κ3) is 4.79. The summed E-state index contributed by atoms with van der Waals surface area (Å²) in [4.78, 5) is 15.6. The largest absolute Gasteiger partial charge is 0.493 e. The fraction of sp³-hybridized carbons (Fsp3) is 0.778. The highest BCUT2D eigenvalue weighted by Gasteiger charge is 2.62. The van der Waals surface area contributed by atoms with Crippen molar-refractivity contribution in [2.75, 3.05) is 20.3 Å². The van der Waals surface area contributed by atoms with E-state index in [1.165, 1.54) is 20.0 Å². The first kappa shape index (κ1) is 24.5. The van der Waals surface area contributed by atoms with Crippen molar-refractivity contribution >= 4 is 5.97 Å². The van der Waals surface area contributed by atoms with Crippen LogP contribution >= 0.6 is 0 Å². The molecule has 33 heavy (non-hydrogen) atoms. The molecule has 2 saturated carbocycles. The van der Waals surface area contributed by atoms with E-state index in [2.05, 4.69) is 32.7 Å². The summed E-state index contributed by atoms with van der Waals surface area (Å²) in [6.45, 7) is 11.2. The average Bonchev–Trinajstić information content (AvgIpc) is 2.79. The van der Waals surface area contributed by atoms with Crippen LogP contribution in [0.5, 0.6) is 5.75 Å². The number of carbonyl (C=O) groups excluding carboxylic acids is 1. The van der Waals surface area contributed by atoms with E-state index in [-0.39, 0.29) is 34.6 Å². The highest BCUT2D eigenvalue weighted by molar-refractivity contribution is 5.69. The summed E-state index contributed by atoms with van der Waals surface area (Å²) >= 11 is 0. The number of pyridine rings is 1. The third-order valence-corrected chi connectivity index (χ3v) is 9.12. The minimum Gasteiger partial charge on any atom is -0.493 e. The van der Waals surface area contributed by atoms with E-state index in [1.807, 2.05) is 12.1 Å². The summed E-state index contributed by atoms with van der Waals surface area (Å²) < 4.78 is 23.5. The Bertz CT molecular complexity index is 814. The molecule has 1 saturated heterocycles. The fourth-order valence-corrected chi connectivity index (χ4v) is 7.43. The Morgan fingerprint density at radius 1 is 1.09 bits per heavy atom. The van der Waals surface area contributed by atoms with E-state index in [0.29, 0.717) is 31.3 Å². The lowest BCUT2D eigenvalue weighted by Gasteiger charge is -2.65. The van der Waals surface area contributed by atoms with E-state index >= 15 is 0 Å². The Labute approximate surface area is 198 Å². The molecule has 0 aromatic carbocycles. The van der Waals surface area contributed by atoms with Crippen molar-refractivity contribution in [1.82, 2.24) is 4.98 Å². The molecular weight excluding hydrogens is 418 g/mol. The van der Waals surface area contributed by atoms with Crippen LogP contribution in [0.25, 0.3) is 0 Å². The van der Waals surface area contributed by atoms with Crippen LogP contribution in [0.4, 0.5) is 0 Å². The molecule has 1 aliphatic heterocycles. The molecule has 4 rings (SSSR count). The molecule has 2 heterocycles. The Kier molecular flexibility index (Phi) is 7.07. The van der Waals surface area contributed by atoms with Crippen LogP contribution in [0.15, 0.2) is 24.5 Å². The number of hydrogen-bond acceptors (Lipinski definition) is 6. The van der Waals surface area contributed by atoms with Crippen LogP contribution < -0.4 is 4.74 Å². The Balaban J connectivity index is 1.45. The van der Waals surface area contributed by atoms with Gasteiger partial charge in [0.05, 0.1) is 32.8 Å². The third-order valence-electron chi connectivity index (χ3n) is 9.12. The van der Waals surface area contributed by atoms with Gasteiger partial charge in [0.2, 0.25) is 0 Å². The molecule has 1 unspecified atom stereocenters. The van der Waals surface area contributed by atoms with E-state index in [4.69, 9.17) is 18.9 Å². The van der Waals surface area contributed by atoms with Crippen molar-refractivity contribution in [1.29, 1.82) is 0 Å². The summed E-state index contributed by atoms with van der Waals surface area (Å²) in [7, 11) is 1.42. The lowest BCUT2D eigenvalue weighted by atomic mass is 9.42. The van der Waals surface area contributed by atoms with E-state index < -0.39 is 0 Å². The van der Waals surface area contributed by atoms with Crippen LogP contribution in [-0.4, -0.2) is 43.7 Å². The molecule has 1 aromatic rings. The smallest absolute Gasteiger partial charge is 0.305 e. The highest BCUT2D eigenvalue weighted by atomic mass is 16.7. The molecule has 0 N–H and O–H groups in total. The molecule has 2 aliphatic carbocycles. The number of rotatable bonds is 7. The summed E-state index contributed by atoms with van der Waals surface area (Å²) in [5.74, 6) is 1.80. The van der Waals surface area contributed by atoms with Crippen molar-refractivity contribution in [3.05, 3.63) is 24.5 Å². The summed E-state index contributed by atoms with van der Waals surface area (Å²) in [5, 5.41) is 0. The SMILES string of the molecule is COC(=O)CC[C@@H]1OC[C@@]2(C)C3CCC(C)(C)[C@@H](CCOc4ccncc4)[C@]3(C)CC[C@H]2O1. The van der Waals surface area contributed by atoms with Gasteiger partial charge >= 0.3 is 5.97 Å². The van der Waals surface area contributed by atoms with Crippen LogP contribution in [0, 0.1) is 28.1 Å². The van der Waals surface area contributed by atoms with Gasteiger partial charge in [-0.2, -0.15) is 0 Å². The minimum absolute atomic E-state index is 0.00449. The maximum absolute atomic E-state index is 11.6. The van der Waals surface area contributed by atoms with Gasteiger partial charge in [-0.15, -0.1) is 0 Å². The average molecular weight is 460 g/mol. The van der Waals surface area contributed by atoms with Gasteiger partial charge in [-0.05, 0) is 66.9 Å². The Hall–Kier alpha value is -1.66. The maximum Gasteiger partial charge on any atom is 0.305 e. The predicted molar refractivity (Wildman–Crippen MR) is 126 cm³/mol. The van der Waals surface area contributed by atoms with Crippen molar-refractivity contribution in [3.8, 4) is 5.75 Å². The predicted octanol–water partition coefficient (Wildman–Crippen LogP) is 5.40. The topological polar surface area (TPSA) is 66.9 Å². The van der Waals surface area contributed by atoms with Gasteiger partial charge in [0.15, 0.2) is 6.29 Å². The first-order valence-electron chi connectivity index (χ1n) is 12.6. The highest BCUT2D eigenvalue weighted by Crippen LogP contribution is 2.66. The van der Waals surface area contributed by atoms with Crippen molar-refractivity contribution in [2.45, 2.75) is 85.0 Å². The van der Waals surface area contributed by atoms with Gasteiger partial charge in [0, 0.05) is 24.2 Å². The maximum atomic E-state index is 11.6. The first-order chi connectivity index (χ1) is 15.7. The molecule has 184 valence electrons. The molecule has 0 radical (unpaired) electrons. The quantitative estimate of drug-likeness (QED) is 0.508. The second kappa shape index (κ2) is 9.53. The molecule has 6 atom stereocenters. The number of carbonyl (C=O) groups is 1. The van der Waals surface area contributed by atoms with Crippen molar-refractivity contribution < 1.29 is 23.7 Å². The number of hydrogen-bond donors (Lipinski definition) is 0. The summed E-state index contributed by atoms with van der Waals surface area (Å²) in [5.41, 5.74) is 0.491. The molecule has 0 amide bonds. The van der Waals surface area contributed by atoms with Crippen LogP contribution in [0.2, 0.25) is 0 Å². The Morgan fingerprint density at radius 3 is 2.58 bits per heavy atom. The molecule has 0 spiro atoms. The number of nitrogens with zero attached hydrogens (tertiary/aromatic N) is 1. The monoisotopic (exact) mass is 459 g/mol. The molecular formula is C27H41NO5. The van der Waals surface area contributed by atoms with Gasteiger partial charge in [-0.1, -0.05) is 27.7 Å². The van der Waals surface area contributed by atoms with Gasteiger partial charge in [0.25, 0.3) is 0 Å². The molecule has 1 aromatic heterocycles. The van der Waals surface area contributed by atoms with Gasteiger partial charge in [0.1, 0.15) is 5.75 Å². The van der Waals surface area contributed by atoms with Crippen LogP contribution in [0.1, 0.15) is 72.6 Å². The zero-order valence-electron chi connectivity index (χ0n) is 21.0. The Morgan fingerprint density at radius 2 is 1.85 bits per heavy atom. The molecule has 3 aliphatic rings. The molecule has 6 heteroatoms. The zero-order valence-corrected chi connectivity index (χ0v) is 21.0. The van der Waals surface area contributed by atoms with Crippen molar-refractivity contribution in [3.63, 3.8) is 0 Å². The number of aromatic nitrogens is 1. The van der Waals surface area contributed by atoms with Gasteiger partial charge < -0.3 is 18.9 Å². The minimum atomic E-state index is -0.309. The number of ether oxygens (including phenoxy) is 4. The normalized spacial score (nSPS) is 37.5. The van der Waals surface area contributed by atoms with Gasteiger partial charge in [-0.3, -0.25) is 9.78 Å². The second-order valence-electron chi connectivity index (χ2n) is 11.5. The van der Waals surface area contributed by atoms with E-state index in [1.54, 1.807) is 12.4 Å². The lowest BCUT2D eigenvalue weighted by molar-refractivity contribution is -0.311. The van der Waals surface area contributed by atoms with Crippen LogP contribution in [0.3, 0.4) is 0 Å². The lowest BCUT2D eigenvalue weighted by Crippen LogP contribution is -2.63. The fourth-order valence-electron chi connectivity index (χ4n) is 7.43. The van der Waals surface area contributed by atoms with E-state index in [9.17, 15) is 4.79 Å². The van der Waals surface area contributed by atoms with Gasteiger partial charge in [-0.25, -0.2) is 0 Å². The molecule has 6 nitrogen and oxygen atoms in total. The number of methoxy groups -OCH3 is 1. The zero-order chi connectivity index (χ0) is 23.7. The first-order valence-corrected chi connectivity index (χ1v) is 12.6. The molecule has 0 bridgehead atoms. The van der Waals surface area contributed by atoms with Crippen LogP contribution in [-0.2, 0) is 19.0 Å². The number of fused-ring (bicyclic) bond motifs is 3. The molecule has 3 fully saturated rings. The number of esters is 1. The van der Waals surface area contributed by atoms with Crippen molar-refractivity contribution in [2.24, 2.45) is 28.1 Å². The second-order valence-corrected chi connectivity index (χ2v) is 11.5. The van der Waals surface area contributed by atoms with E-state index in [0.717, 1.165) is 31.6 Å². The summed E-state index contributed by atoms with van der Waals surface area (Å²) in [6.07, 6.45) is 9.98.